The van der Waals surface area contributed by atoms with Crippen LogP contribution in [0.15, 0.2) is 42.7 Å². The number of nitrogens with one attached hydrogen (secondary N) is 2. The Bertz CT molecular complexity index is 1190. The third kappa shape index (κ3) is 6.35. The monoisotopic (exact) mass is 523 g/mol. The van der Waals surface area contributed by atoms with Gasteiger partial charge in [-0.1, -0.05) is 19.9 Å². The molecular formula is C28H34FN5O4. The molecule has 0 aliphatic carbocycles. The first-order valence-corrected chi connectivity index (χ1v) is 13.1. The van der Waals surface area contributed by atoms with Gasteiger partial charge in [0, 0.05) is 43.6 Å². The van der Waals surface area contributed by atoms with Crippen molar-refractivity contribution >= 4 is 23.6 Å². The van der Waals surface area contributed by atoms with Crippen LogP contribution in [0.5, 0.6) is 0 Å². The summed E-state index contributed by atoms with van der Waals surface area (Å²) in [6.07, 6.45) is 5.22. The van der Waals surface area contributed by atoms with Crippen LogP contribution in [0.1, 0.15) is 59.4 Å². The fraction of sp³-hybridized carbons (Fsp3) is 0.464. The Labute approximate surface area is 221 Å². The normalized spacial score (nSPS) is 21.5. The maximum atomic E-state index is 14.7. The average molecular weight is 524 g/mol. The van der Waals surface area contributed by atoms with Gasteiger partial charge in [-0.05, 0) is 61.4 Å². The van der Waals surface area contributed by atoms with E-state index in [-0.39, 0.29) is 42.3 Å². The van der Waals surface area contributed by atoms with Gasteiger partial charge in [0.1, 0.15) is 11.9 Å². The van der Waals surface area contributed by atoms with Crippen molar-refractivity contribution in [2.24, 2.45) is 5.92 Å². The molecule has 1 saturated heterocycles. The van der Waals surface area contributed by atoms with Crippen molar-refractivity contribution in [3.8, 4) is 0 Å². The first-order valence-electron chi connectivity index (χ1n) is 13.1. The molecule has 0 spiro atoms. The van der Waals surface area contributed by atoms with Crippen molar-refractivity contribution in [3.63, 3.8) is 0 Å². The fourth-order valence-electron chi connectivity index (χ4n) is 4.91. The van der Waals surface area contributed by atoms with Crippen LogP contribution in [-0.2, 0) is 16.0 Å². The molecule has 1 aromatic carbocycles. The first kappa shape index (κ1) is 27.2. The van der Waals surface area contributed by atoms with Gasteiger partial charge in [0.2, 0.25) is 11.8 Å². The lowest BCUT2D eigenvalue weighted by Crippen LogP contribution is -2.54. The van der Waals surface area contributed by atoms with E-state index in [9.17, 15) is 23.6 Å². The van der Waals surface area contributed by atoms with Gasteiger partial charge in [-0.3, -0.25) is 24.2 Å². The number of nitrogens with zero attached hydrogens (tertiary/aromatic N) is 3. The quantitative estimate of drug-likeness (QED) is 0.627. The van der Waals surface area contributed by atoms with Gasteiger partial charge in [0.15, 0.2) is 0 Å². The largest absolute Gasteiger partial charge is 0.355 e. The molecule has 2 N–H and O–H groups in total. The van der Waals surface area contributed by atoms with E-state index in [4.69, 9.17) is 0 Å². The number of aryl methyl sites for hydroxylation is 1. The molecule has 0 unspecified atom stereocenters. The van der Waals surface area contributed by atoms with Crippen molar-refractivity contribution in [1.82, 2.24) is 25.4 Å². The molecule has 4 rings (SSSR count). The molecule has 38 heavy (non-hydrogen) atoms. The van der Waals surface area contributed by atoms with E-state index >= 15 is 0 Å². The van der Waals surface area contributed by atoms with Crippen LogP contribution in [-0.4, -0.2) is 76.7 Å². The van der Waals surface area contributed by atoms with Crippen molar-refractivity contribution in [1.29, 1.82) is 0 Å². The Balaban J connectivity index is 1.65. The summed E-state index contributed by atoms with van der Waals surface area (Å²) in [4.78, 5) is 59.8. The molecule has 2 aliphatic rings. The predicted molar refractivity (Wildman–Crippen MR) is 139 cm³/mol. The third-order valence-corrected chi connectivity index (χ3v) is 7.14. The molecule has 0 radical (unpaired) electrons. The van der Waals surface area contributed by atoms with Crippen molar-refractivity contribution in [2.45, 2.75) is 51.6 Å². The zero-order chi connectivity index (χ0) is 27.2. The standard InChI is InChI=1S/C28H34FN5O4/c1-18(2)23-16-33(27(37)20-9-12-30-13-10-20)17-25(35)31-11-3-5-19-7-8-22(29)21(15-19)28(38)34-14-4-6-24(34)26(36)32-23/h7-10,12-13,15,18,23-24H,3-6,11,14,16-17H2,1-2H3,(H,31,35)(H,32,36)/t23-,24-/m0/s1. The summed E-state index contributed by atoms with van der Waals surface area (Å²) < 4.78 is 14.7. The molecule has 4 amide bonds. The van der Waals surface area contributed by atoms with Gasteiger partial charge in [-0.25, -0.2) is 4.39 Å². The Morgan fingerprint density at radius 1 is 1.11 bits per heavy atom. The van der Waals surface area contributed by atoms with Crippen LogP contribution in [0.4, 0.5) is 4.39 Å². The van der Waals surface area contributed by atoms with Gasteiger partial charge in [0.25, 0.3) is 11.8 Å². The molecule has 2 aromatic rings. The lowest BCUT2D eigenvalue weighted by molar-refractivity contribution is -0.126. The van der Waals surface area contributed by atoms with Crippen molar-refractivity contribution < 1.29 is 23.6 Å². The highest BCUT2D eigenvalue weighted by Gasteiger charge is 2.37. The van der Waals surface area contributed by atoms with E-state index in [0.717, 1.165) is 5.56 Å². The molecule has 0 saturated carbocycles. The second kappa shape index (κ2) is 12.1. The predicted octanol–water partition coefficient (Wildman–Crippen LogP) is 2.17. The molecule has 202 valence electrons. The smallest absolute Gasteiger partial charge is 0.257 e. The van der Waals surface area contributed by atoms with Crippen LogP contribution in [0.2, 0.25) is 0 Å². The van der Waals surface area contributed by atoms with Gasteiger partial charge in [-0.15, -0.1) is 0 Å². The zero-order valence-corrected chi connectivity index (χ0v) is 21.8. The molecule has 2 aliphatic heterocycles. The first-order chi connectivity index (χ1) is 18.2. The number of amides is 4. The number of aromatic nitrogens is 1. The molecule has 3 heterocycles. The number of hydrogen-bond donors (Lipinski definition) is 2. The summed E-state index contributed by atoms with van der Waals surface area (Å²) in [7, 11) is 0. The maximum Gasteiger partial charge on any atom is 0.257 e. The lowest BCUT2D eigenvalue weighted by Gasteiger charge is -2.32. The van der Waals surface area contributed by atoms with E-state index in [2.05, 4.69) is 15.6 Å². The van der Waals surface area contributed by atoms with Gasteiger partial charge < -0.3 is 20.4 Å². The highest BCUT2D eigenvalue weighted by atomic mass is 19.1. The summed E-state index contributed by atoms with van der Waals surface area (Å²) in [5.41, 5.74) is 1.11. The van der Waals surface area contributed by atoms with E-state index in [0.29, 0.717) is 44.3 Å². The highest BCUT2D eigenvalue weighted by molar-refractivity contribution is 5.98. The summed E-state index contributed by atoms with van der Waals surface area (Å²) >= 11 is 0. The summed E-state index contributed by atoms with van der Waals surface area (Å²) in [6, 6.07) is 6.39. The van der Waals surface area contributed by atoms with Crippen molar-refractivity contribution in [3.05, 3.63) is 65.2 Å². The second-order valence-corrected chi connectivity index (χ2v) is 10.2. The Kier molecular flexibility index (Phi) is 8.70. The van der Waals surface area contributed by atoms with E-state index in [1.54, 1.807) is 18.2 Å². The number of benzene rings is 1. The molecule has 1 fully saturated rings. The second-order valence-electron chi connectivity index (χ2n) is 10.2. The zero-order valence-electron chi connectivity index (χ0n) is 21.8. The minimum Gasteiger partial charge on any atom is -0.355 e. The number of pyridine rings is 1. The summed E-state index contributed by atoms with van der Waals surface area (Å²) in [6.45, 7) is 4.48. The van der Waals surface area contributed by atoms with Crippen LogP contribution in [0.3, 0.4) is 0 Å². The number of carbonyl (C=O) groups excluding carboxylic acids is 4. The minimum absolute atomic E-state index is 0.0508. The SMILES string of the molecule is CC(C)[C@@H]1CN(C(=O)c2ccncc2)CC(=O)NCCCc2ccc(F)c(c2)C(=O)N2CCC[C@H]2C(=O)N1. The van der Waals surface area contributed by atoms with Gasteiger partial charge in [0.05, 0.1) is 12.1 Å². The van der Waals surface area contributed by atoms with Crippen LogP contribution in [0.25, 0.3) is 0 Å². The van der Waals surface area contributed by atoms with Crippen molar-refractivity contribution in [2.75, 3.05) is 26.2 Å². The minimum atomic E-state index is -0.741. The summed E-state index contributed by atoms with van der Waals surface area (Å²) in [5.74, 6) is -2.21. The maximum absolute atomic E-state index is 14.7. The van der Waals surface area contributed by atoms with Gasteiger partial charge >= 0.3 is 0 Å². The topological polar surface area (TPSA) is 112 Å². The number of rotatable bonds is 2. The number of halogens is 1. The van der Waals surface area contributed by atoms with Crippen LogP contribution >= 0.6 is 0 Å². The summed E-state index contributed by atoms with van der Waals surface area (Å²) in [5, 5.41) is 5.86. The third-order valence-electron chi connectivity index (χ3n) is 7.14. The lowest BCUT2D eigenvalue weighted by atomic mass is 10.0. The molecule has 10 heteroatoms. The highest BCUT2D eigenvalue weighted by Crippen LogP contribution is 2.23. The number of fused-ring (bicyclic) bond motifs is 3. The van der Waals surface area contributed by atoms with Crippen LogP contribution < -0.4 is 10.6 Å². The average Bonchev–Trinajstić information content (AvgIpc) is 3.40. The number of carbonyl (C=O) groups is 4. The van der Waals surface area contributed by atoms with E-state index in [1.165, 1.54) is 34.3 Å². The molecule has 2 atom stereocenters. The fourth-order valence-corrected chi connectivity index (χ4v) is 4.91. The van der Waals surface area contributed by atoms with E-state index in [1.807, 2.05) is 13.8 Å². The van der Waals surface area contributed by atoms with E-state index < -0.39 is 23.8 Å². The molecule has 2 bridgehead atoms. The van der Waals surface area contributed by atoms with Gasteiger partial charge in [-0.2, -0.15) is 0 Å². The Morgan fingerprint density at radius 3 is 2.61 bits per heavy atom. The molecular weight excluding hydrogens is 489 g/mol. The Morgan fingerprint density at radius 2 is 1.87 bits per heavy atom. The Hall–Kier alpha value is -3.82. The molecule has 9 nitrogen and oxygen atoms in total. The molecule has 1 aromatic heterocycles. The van der Waals surface area contributed by atoms with Crippen LogP contribution in [0, 0.1) is 11.7 Å². The number of hydrogen-bond acceptors (Lipinski definition) is 5.